The average Bonchev–Trinajstić information content (AvgIpc) is 2.93. The second kappa shape index (κ2) is 7.49. The second-order valence-corrected chi connectivity index (χ2v) is 6.31. The Kier molecular flexibility index (Phi) is 5.97. The van der Waals surface area contributed by atoms with Crippen molar-refractivity contribution in [3.63, 3.8) is 0 Å². The van der Waals surface area contributed by atoms with E-state index < -0.39 is 0 Å². The molecule has 0 bridgehead atoms. The van der Waals surface area contributed by atoms with E-state index in [4.69, 9.17) is 0 Å². The Hall–Kier alpha value is -0.0800. The second-order valence-electron chi connectivity index (χ2n) is 6.31. The first-order chi connectivity index (χ1) is 8.85. The fourth-order valence-electron chi connectivity index (χ4n) is 3.98. The molecule has 0 amide bonds. The predicted molar refractivity (Wildman–Crippen MR) is 78.9 cm³/mol. The maximum atomic E-state index is 3.70. The third-order valence-corrected chi connectivity index (χ3v) is 5.00. The Morgan fingerprint density at radius 3 is 2.22 bits per heavy atom. The zero-order chi connectivity index (χ0) is 12.8. The van der Waals surface area contributed by atoms with Crippen molar-refractivity contribution in [1.82, 2.24) is 10.2 Å². The molecule has 0 aromatic carbocycles. The van der Waals surface area contributed by atoms with Gasteiger partial charge in [0.15, 0.2) is 0 Å². The van der Waals surface area contributed by atoms with Crippen LogP contribution in [0.1, 0.15) is 65.2 Å². The molecule has 2 rings (SSSR count). The summed E-state index contributed by atoms with van der Waals surface area (Å²) in [7, 11) is 0. The fraction of sp³-hybridized carbons (Fsp3) is 1.00. The molecule has 2 aliphatic rings. The van der Waals surface area contributed by atoms with Gasteiger partial charge in [-0.2, -0.15) is 0 Å². The SMILES string of the molecule is CCCC(CCC)N1CCC(C2CCCN2)CC1. The van der Waals surface area contributed by atoms with Crippen LogP contribution in [0.2, 0.25) is 0 Å². The zero-order valence-electron chi connectivity index (χ0n) is 12.5. The first-order valence-corrected chi connectivity index (χ1v) is 8.32. The smallest absolute Gasteiger partial charge is 0.00967 e. The summed E-state index contributed by atoms with van der Waals surface area (Å²) in [6.07, 6.45) is 11.2. The third-order valence-electron chi connectivity index (χ3n) is 5.00. The minimum Gasteiger partial charge on any atom is -0.314 e. The Balaban J connectivity index is 1.77. The van der Waals surface area contributed by atoms with Crippen LogP contribution in [0, 0.1) is 5.92 Å². The van der Waals surface area contributed by atoms with E-state index in [2.05, 4.69) is 24.1 Å². The largest absolute Gasteiger partial charge is 0.314 e. The lowest BCUT2D eigenvalue weighted by atomic mass is 9.87. The van der Waals surface area contributed by atoms with E-state index in [0.717, 1.165) is 18.0 Å². The molecule has 2 heterocycles. The summed E-state index contributed by atoms with van der Waals surface area (Å²) in [5, 5.41) is 3.70. The van der Waals surface area contributed by atoms with Crippen molar-refractivity contribution >= 4 is 0 Å². The zero-order valence-corrected chi connectivity index (χ0v) is 12.5. The van der Waals surface area contributed by atoms with Crippen molar-refractivity contribution in [3.8, 4) is 0 Å². The van der Waals surface area contributed by atoms with Crippen LogP contribution < -0.4 is 5.32 Å². The maximum Gasteiger partial charge on any atom is 0.00967 e. The number of rotatable bonds is 6. The fourth-order valence-corrected chi connectivity index (χ4v) is 3.98. The van der Waals surface area contributed by atoms with E-state index in [-0.39, 0.29) is 0 Å². The summed E-state index contributed by atoms with van der Waals surface area (Å²) in [4.78, 5) is 2.79. The molecule has 1 N–H and O–H groups in total. The van der Waals surface area contributed by atoms with Gasteiger partial charge in [0.05, 0.1) is 0 Å². The number of nitrogens with one attached hydrogen (secondary N) is 1. The molecule has 2 aliphatic heterocycles. The van der Waals surface area contributed by atoms with Crippen LogP contribution in [-0.2, 0) is 0 Å². The van der Waals surface area contributed by atoms with Crippen LogP contribution in [0.3, 0.4) is 0 Å². The standard InChI is InChI=1S/C16H32N2/c1-3-6-15(7-4-2)18-12-9-14(10-13-18)16-8-5-11-17-16/h14-17H,3-13H2,1-2H3. The van der Waals surface area contributed by atoms with Gasteiger partial charge in [0, 0.05) is 12.1 Å². The molecule has 1 unspecified atom stereocenters. The molecule has 2 heteroatoms. The van der Waals surface area contributed by atoms with Crippen molar-refractivity contribution in [2.45, 2.75) is 77.3 Å². The van der Waals surface area contributed by atoms with Gasteiger partial charge in [-0.1, -0.05) is 26.7 Å². The van der Waals surface area contributed by atoms with Gasteiger partial charge in [-0.3, -0.25) is 0 Å². The molecule has 0 aromatic rings. The van der Waals surface area contributed by atoms with Gasteiger partial charge in [-0.05, 0) is 64.1 Å². The van der Waals surface area contributed by atoms with Crippen LogP contribution in [0.25, 0.3) is 0 Å². The number of nitrogens with zero attached hydrogens (tertiary/aromatic N) is 1. The number of hydrogen-bond donors (Lipinski definition) is 1. The van der Waals surface area contributed by atoms with Gasteiger partial charge in [0.1, 0.15) is 0 Å². The lowest BCUT2D eigenvalue weighted by molar-refractivity contribution is 0.107. The molecule has 106 valence electrons. The Bertz CT molecular complexity index is 209. The number of hydrogen-bond acceptors (Lipinski definition) is 2. The summed E-state index contributed by atoms with van der Waals surface area (Å²) >= 11 is 0. The highest BCUT2D eigenvalue weighted by molar-refractivity contribution is 4.87. The van der Waals surface area contributed by atoms with Gasteiger partial charge < -0.3 is 10.2 Å². The van der Waals surface area contributed by atoms with Crippen LogP contribution in [0.4, 0.5) is 0 Å². The maximum absolute atomic E-state index is 3.70. The van der Waals surface area contributed by atoms with Gasteiger partial charge in [0.25, 0.3) is 0 Å². The predicted octanol–water partition coefficient (Wildman–Crippen LogP) is 3.42. The highest BCUT2D eigenvalue weighted by Gasteiger charge is 2.30. The lowest BCUT2D eigenvalue weighted by Crippen LogP contribution is -2.45. The molecule has 2 nitrogen and oxygen atoms in total. The van der Waals surface area contributed by atoms with Gasteiger partial charge in [-0.15, -0.1) is 0 Å². The van der Waals surface area contributed by atoms with Crippen molar-refractivity contribution in [2.24, 2.45) is 5.92 Å². The van der Waals surface area contributed by atoms with Gasteiger partial charge >= 0.3 is 0 Å². The first kappa shape index (κ1) is 14.3. The molecular formula is C16H32N2. The van der Waals surface area contributed by atoms with Crippen LogP contribution >= 0.6 is 0 Å². The Morgan fingerprint density at radius 2 is 1.72 bits per heavy atom. The summed E-state index contributed by atoms with van der Waals surface area (Å²) in [6.45, 7) is 8.63. The molecule has 0 radical (unpaired) electrons. The van der Waals surface area contributed by atoms with E-state index in [1.165, 1.54) is 71.0 Å². The number of likely N-dealkylation sites (tertiary alicyclic amines) is 1. The average molecular weight is 252 g/mol. The van der Waals surface area contributed by atoms with Crippen molar-refractivity contribution in [3.05, 3.63) is 0 Å². The van der Waals surface area contributed by atoms with Crippen LogP contribution in [-0.4, -0.2) is 36.6 Å². The van der Waals surface area contributed by atoms with Crippen LogP contribution in [0.5, 0.6) is 0 Å². The lowest BCUT2D eigenvalue weighted by Gasteiger charge is -2.39. The molecule has 18 heavy (non-hydrogen) atoms. The van der Waals surface area contributed by atoms with Crippen molar-refractivity contribution in [1.29, 1.82) is 0 Å². The molecule has 2 fully saturated rings. The van der Waals surface area contributed by atoms with Crippen LogP contribution in [0.15, 0.2) is 0 Å². The van der Waals surface area contributed by atoms with E-state index in [1.54, 1.807) is 0 Å². The molecule has 0 aliphatic carbocycles. The molecule has 1 atom stereocenters. The normalized spacial score (nSPS) is 27.2. The topological polar surface area (TPSA) is 15.3 Å². The summed E-state index contributed by atoms with van der Waals surface area (Å²) < 4.78 is 0. The monoisotopic (exact) mass is 252 g/mol. The van der Waals surface area contributed by atoms with E-state index in [1.807, 2.05) is 0 Å². The molecule has 0 saturated carbocycles. The van der Waals surface area contributed by atoms with Crippen molar-refractivity contribution in [2.75, 3.05) is 19.6 Å². The Labute approximate surface area is 114 Å². The molecule has 0 spiro atoms. The van der Waals surface area contributed by atoms with E-state index >= 15 is 0 Å². The minimum atomic E-state index is 0.850. The van der Waals surface area contributed by atoms with E-state index in [9.17, 15) is 0 Å². The first-order valence-electron chi connectivity index (χ1n) is 8.32. The quantitative estimate of drug-likeness (QED) is 0.779. The van der Waals surface area contributed by atoms with E-state index in [0.29, 0.717) is 0 Å². The van der Waals surface area contributed by atoms with Crippen molar-refractivity contribution < 1.29 is 0 Å². The van der Waals surface area contributed by atoms with Gasteiger partial charge in [0.2, 0.25) is 0 Å². The summed E-state index contributed by atoms with van der Waals surface area (Å²) in [6, 6.07) is 1.72. The minimum absolute atomic E-state index is 0.850. The summed E-state index contributed by atoms with van der Waals surface area (Å²) in [5.41, 5.74) is 0. The highest BCUT2D eigenvalue weighted by atomic mass is 15.2. The van der Waals surface area contributed by atoms with Gasteiger partial charge in [-0.25, -0.2) is 0 Å². The number of piperidine rings is 1. The summed E-state index contributed by atoms with van der Waals surface area (Å²) in [5.74, 6) is 0.965. The Morgan fingerprint density at radius 1 is 1.06 bits per heavy atom. The molecule has 2 saturated heterocycles. The molecular weight excluding hydrogens is 220 g/mol. The molecule has 0 aromatic heterocycles. The highest BCUT2D eigenvalue weighted by Crippen LogP contribution is 2.28. The third kappa shape index (κ3) is 3.71.